The SMILES string of the molecule is CSc1ncc(Cl)c(C(=O)[C@H](C#N)c2nc3ccc(C)cc3c(=O)[nH]2)n1. The van der Waals surface area contributed by atoms with Crippen LogP contribution >= 0.6 is 23.4 Å². The summed E-state index contributed by atoms with van der Waals surface area (Å²) >= 11 is 7.26. The Labute approximate surface area is 157 Å². The van der Waals surface area contributed by atoms with Crippen LogP contribution in [0.4, 0.5) is 0 Å². The van der Waals surface area contributed by atoms with Crippen LogP contribution in [0, 0.1) is 18.3 Å². The molecule has 0 spiro atoms. The van der Waals surface area contributed by atoms with E-state index in [2.05, 4.69) is 19.9 Å². The number of thioether (sulfide) groups is 1. The van der Waals surface area contributed by atoms with Crippen molar-refractivity contribution in [2.24, 2.45) is 0 Å². The number of hydrogen-bond donors (Lipinski definition) is 1. The minimum absolute atomic E-state index is 0.0341. The number of fused-ring (bicyclic) bond motifs is 1. The first-order valence-electron chi connectivity index (χ1n) is 7.45. The molecule has 1 atom stereocenters. The average molecular weight is 386 g/mol. The number of carbonyl (C=O) groups excluding carboxylic acids is 1. The van der Waals surface area contributed by atoms with Crippen LogP contribution in [0.3, 0.4) is 0 Å². The lowest BCUT2D eigenvalue weighted by molar-refractivity contribution is 0.0970. The predicted molar refractivity (Wildman–Crippen MR) is 98.6 cm³/mol. The largest absolute Gasteiger partial charge is 0.308 e. The van der Waals surface area contributed by atoms with Gasteiger partial charge < -0.3 is 4.98 Å². The molecular weight excluding hydrogens is 374 g/mol. The van der Waals surface area contributed by atoms with Gasteiger partial charge in [-0.05, 0) is 25.3 Å². The molecule has 1 aromatic carbocycles. The third kappa shape index (κ3) is 3.31. The van der Waals surface area contributed by atoms with E-state index in [0.717, 1.165) is 5.56 Å². The number of rotatable bonds is 4. The number of benzene rings is 1. The van der Waals surface area contributed by atoms with Crippen LogP contribution in [0.25, 0.3) is 10.9 Å². The summed E-state index contributed by atoms with van der Waals surface area (Å²) < 4.78 is 0. The monoisotopic (exact) mass is 385 g/mol. The molecule has 3 aromatic rings. The van der Waals surface area contributed by atoms with Crippen LogP contribution in [0.5, 0.6) is 0 Å². The molecule has 0 aliphatic carbocycles. The van der Waals surface area contributed by atoms with Crippen molar-refractivity contribution in [2.45, 2.75) is 18.0 Å². The Bertz CT molecular complexity index is 1120. The van der Waals surface area contributed by atoms with E-state index in [-0.39, 0.29) is 16.5 Å². The molecule has 26 heavy (non-hydrogen) atoms. The number of nitrogens with one attached hydrogen (secondary N) is 1. The van der Waals surface area contributed by atoms with Crippen molar-refractivity contribution in [3.05, 3.63) is 56.9 Å². The van der Waals surface area contributed by atoms with E-state index in [1.54, 1.807) is 24.5 Å². The Morgan fingerprint density at radius 2 is 2.15 bits per heavy atom. The predicted octanol–water partition coefficient (Wildman–Crippen LogP) is 2.89. The Morgan fingerprint density at radius 1 is 1.38 bits per heavy atom. The zero-order valence-corrected chi connectivity index (χ0v) is 15.4. The standard InChI is InChI=1S/C17H12ClN5O2S/c1-8-3-4-12-9(5-8)16(25)23-15(21-12)10(6-19)14(24)13-11(18)7-20-17(22-13)26-2/h3-5,7,10H,1-2H3,(H,21,23,25)/t10-/m0/s1. The number of nitriles is 1. The number of halogens is 1. The Kier molecular flexibility index (Phi) is 5.02. The molecule has 9 heteroatoms. The highest BCUT2D eigenvalue weighted by Crippen LogP contribution is 2.23. The molecule has 0 saturated carbocycles. The van der Waals surface area contributed by atoms with Gasteiger partial charge in [0, 0.05) is 0 Å². The lowest BCUT2D eigenvalue weighted by Crippen LogP contribution is -2.21. The first-order valence-corrected chi connectivity index (χ1v) is 9.05. The molecule has 130 valence electrons. The number of Topliss-reactive ketones (excluding diaryl/α,β-unsaturated/α-hetero) is 1. The number of aryl methyl sites for hydroxylation is 1. The summed E-state index contributed by atoms with van der Waals surface area (Å²) in [5.74, 6) is -2.03. The minimum Gasteiger partial charge on any atom is -0.308 e. The Hall–Kier alpha value is -2.76. The fourth-order valence-corrected chi connectivity index (χ4v) is 2.93. The van der Waals surface area contributed by atoms with Crippen LogP contribution in [-0.4, -0.2) is 32.0 Å². The second-order valence-electron chi connectivity index (χ2n) is 5.45. The van der Waals surface area contributed by atoms with Crippen LogP contribution in [0.15, 0.2) is 34.3 Å². The molecule has 0 aliphatic rings. The van der Waals surface area contributed by atoms with E-state index in [1.165, 1.54) is 18.0 Å². The highest BCUT2D eigenvalue weighted by molar-refractivity contribution is 7.98. The molecule has 0 amide bonds. The maximum Gasteiger partial charge on any atom is 0.258 e. The highest BCUT2D eigenvalue weighted by Gasteiger charge is 2.28. The van der Waals surface area contributed by atoms with E-state index in [0.29, 0.717) is 16.1 Å². The summed E-state index contributed by atoms with van der Waals surface area (Å²) in [7, 11) is 0. The van der Waals surface area contributed by atoms with Crippen LogP contribution < -0.4 is 5.56 Å². The summed E-state index contributed by atoms with van der Waals surface area (Å²) in [5.41, 5.74) is 0.813. The van der Waals surface area contributed by atoms with Crippen molar-refractivity contribution in [3.8, 4) is 6.07 Å². The minimum atomic E-state index is -1.34. The number of nitrogens with zero attached hydrogens (tertiary/aromatic N) is 4. The fourth-order valence-electron chi connectivity index (χ4n) is 2.41. The fraction of sp³-hybridized carbons (Fsp3) is 0.176. The van der Waals surface area contributed by atoms with Crippen LogP contribution in [0.2, 0.25) is 5.02 Å². The first-order chi connectivity index (χ1) is 12.4. The normalized spacial score (nSPS) is 11.9. The molecule has 7 nitrogen and oxygen atoms in total. The van der Waals surface area contributed by atoms with Crippen molar-refractivity contribution in [3.63, 3.8) is 0 Å². The zero-order valence-electron chi connectivity index (χ0n) is 13.8. The average Bonchev–Trinajstić information content (AvgIpc) is 2.63. The highest BCUT2D eigenvalue weighted by atomic mass is 35.5. The van der Waals surface area contributed by atoms with Gasteiger partial charge in [0.25, 0.3) is 5.56 Å². The van der Waals surface area contributed by atoms with Gasteiger partial charge in [0.15, 0.2) is 11.1 Å². The third-order valence-corrected chi connectivity index (χ3v) is 4.52. The van der Waals surface area contributed by atoms with E-state index in [4.69, 9.17) is 11.6 Å². The molecule has 0 fully saturated rings. The Balaban J connectivity index is 2.11. The third-order valence-electron chi connectivity index (χ3n) is 3.68. The van der Waals surface area contributed by atoms with Gasteiger partial charge in [0.2, 0.25) is 5.78 Å². The number of hydrogen-bond acceptors (Lipinski definition) is 7. The smallest absolute Gasteiger partial charge is 0.258 e. The summed E-state index contributed by atoms with van der Waals surface area (Å²) in [6.45, 7) is 1.86. The maximum absolute atomic E-state index is 12.8. The zero-order chi connectivity index (χ0) is 18.8. The molecule has 2 aromatic heterocycles. The van der Waals surface area contributed by atoms with E-state index < -0.39 is 17.3 Å². The maximum atomic E-state index is 12.8. The van der Waals surface area contributed by atoms with Gasteiger partial charge in [0.05, 0.1) is 28.2 Å². The van der Waals surface area contributed by atoms with Crippen molar-refractivity contribution in [2.75, 3.05) is 6.26 Å². The van der Waals surface area contributed by atoms with Crippen molar-refractivity contribution in [1.82, 2.24) is 19.9 Å². The van der Waals surface area contributed by atoms with Crippen molar-refractivity contribution < 1.29 is 4.79 Å². The second kappa shape index (κ2) is 7.23. The molecule has 0 bridgehead atoms. The second-order valence-corrected chi connectivity index (χ2v) is 6.63. The summed E-state index contributed by atoms with van der Waals surface area (Å²) in [4.78, 5) is 40.0. The van der Waals surface area contributed by atoms with Gasteiger partial charge >= 0.3 is 0 Å². The molecular formula is C17H12ClN5O2S. The summed E-state index contributed by atoms with van der Waals surface area (Å²) in [6, 6.07) is 7.04. The first kappa shape index (κ1) is 18.0. The van der Waals surface area contributed by atoms with Gasteiger partial charge in [0.1, 0.15) is 11.5 Å². The Morgan fingerprint density at radius 3 is 2.85 bits per heavy atom. The van der Waals surface area contributed by atoms with E-state index in [1.807, 2.05) is 13.0 Å². The van der Waals surface area contributed by atoms with E-state index in [9.17, 15) is 14.9 Å². The van der Waals surface area contributed by atoms with Crippen molar-refractivity contribution in [1.29, 1.82) is 5.26 Å². The summed E-state index contributed by atoms with van der Waals surface area (Å²) in [6.07, 6.45) is 3.06. The van der Waals surface area contributed by atoms with Crippen LogP contribution in [-0.2, 0) is 0 Å². The number of ketones is 1. The van der Waals surface area contributed by atoms with Gasteiger partial charge in [-0.1, -0.05) is 35.0 Å². The van der Waals surface area contributed by atoms with Gasteiger partial charge in [-0.15, -0.1) is 0 Å². The van der Waals surface area contributed by atoms with Crippen LogP contribution in [0.1, 0.15) is 27.8 Å². The molecule has 0 saturated heterocycles. The lowest BCUT2D eigenvalue weighted by atomic mass is 10.0. The lowest BCUT2D eigenvalue weighted by Gasteiger charge is -2.10. The number of H-pyrrole nitrogens is 1. The molecule has 1 N–H and O–H groups in total. The number of carbonyl (C=O) groups is 1. The quantitative estimate of drug-likeness (QED) is 0.417. The van der Waals surface area contributed by atoms with Crippen molar-refractivity contribution >= 4 is 40.0 Å². The molecule has 0 aliphatic heterocycles. The number of aromatic amines is 1. The molecule has 0 unspecified atom stereocenters. The van der Waals surface area contributed by atoms with E-state index >= 15 is 0 Å². The van der Waals surface area contributed by atoms with Gasteiger partial charge in [-0.3, -0.25) is 9.59 Å². The topological polar surface area (TPSA) is 112 Å². The number of aromatic nitrogens is 4. The molecule has 0 radical (unpaired) electrons. The van der Waals surface area contributed by atoms with Gasteiger partial charge in [-0.2, -0.15) is 5.26 Å². The summed E-state index contributed by atoms with van der Waals surface area (Å²) in [5, 5.41) is 10.3. The molecule has 2 heterocycles. The molecule has 3 rings (SSSR count). The van der Waals surface area contributed by atoms with Gasteiger partial charge in [-0.25, -0.2) is 15.0 Å².